The highest BCUT2D eigenvalue weighted by Crippen LogP contribution is 2.23. The van der Waals surface area contributed by atoms with Gasteiger partial charge in [-0.2, -0.15) is 5.10 Å². The zero-order valence-electron chi connectivity index (χ0n) is 12.9. The van der Waals surface area contributed by atoms with Crippen LogP contribution >= 0.6 is 0 Å². The van der Waals surface area contributed by atoms with E-state index in [0.29, 0.717) is 6.04 Å². The van der Waals surface area contributed by atoms with Crippen molar-refractivity contribution in [1.82, 2.24) is 20.0 Å². The van der Waals surface area contributed by atoms with Crippen molar-refractivity contribution in [3.63, 3.8) is 0 Å². The molecule has 0 spiro atoms. The van der Waals surface area contributed by atoms with E-state index in [4.69, 9.17) is 0 Å². The Morgan fingerprint density at radius 1 is 1.39 bits per heavy atom. The van der Waals surface area contributed by atoms with Crippen molar-refractivity contribution in [2.45, 2.75) is 45.7 Å². The van der Waals surface area contributed by atoms with Crippen molar-refractivity contribution in [3.8, 4) is 0 Å². The summed E-state index contributed by atoms with van der Waals surface area (Å²) >= 11 is 0. The first kappa shape index (κ1) is 15.2. The highest BCUT2D eigenvalue weighted by atomic mass is 15.3. The molecule has 4 nitrogen and oxygen atoms in total. The number of rotatable bonds is 5. The minimum Gasteiger partial charge on any atom is -0.309 e. The topological polar surface area (TPSA) is 33.1 Å². The van der Waals surface area contributed by atoms with E-state index < -0.39 is 0 Å². The second-order valence-electron chi connectivity index (χ2n) is 6.47. The second kappa shape index (κ2) is 5.85. The van der Waals surface area contributed by atoms with Gasteiger partial charge in [0.2, 0.25) is 0 Å². The Morgan fingerprint density at radius 3 is 2.50 bits per heavy atom. The minimum absolute atomic E-state index is 0.100. The molecule has 0 saturated heterocycles. The Kier molecular flexibility index (Phi) is 4.93. The molecule has 0 fully saturated rings. The molecule has 0 amide bonds. The summed E-state index contributed by atoms with van der Waals surface area (Å²) in [5, 5.41) is 8.15. The van der Waals surface area contributed by atoms with E-state index in [1.807, 2.05) is 11.7 Å². The van der Waals surface area contributed by atoms with Crippen molar-refractivity contribution in [2.75, 3.05) is 20.6 Å². The number of aryl methyl sites for hydroxylation is 1. The van der Waals surface area contributed by atoms with Gasteiger partial charge in [-0.1, -0.05) is 20.8 Å². The molecule has 0 aromatic carbocycles. The molecule has 1 N–H and O–H groups in total. The Labute approximate surface area is 111 Å². The van der Waals surface area contributed by atoms with Gasteiger partial charge < -0.3 is 10.2 Å². The van der Waals surface area contributed by atoms with Crippen LogP contribution in [0.25, 0.3) is 0 Å². The van der Waals surface area contributed by atoms with Gasteiger partial charge in [-0.3, -0.25) is 4.68 Å². The molecule has 0 saturated carbocycles. The largest absolute Gasteiger partial charge is 0.309 e. The standard InChI is InChI=1S/C14H28N4/c1-11(9-17(5)6)15-8-12-10-18(7)16-13(12)14(2,3)4/h10-11,15H,8-9H2,1-7H3. The van der Waals surface area contributed by atoms with E-state index >= 15 is 0 Å². The Morgan fingerprint density at radius 2 is 2.00 bits per heavy atom. The molecule has 1 aromatic heterocycles. The summed E-state index contributed by atoms with van der Waals surface area (Å²) in [6.07, 6.45) is 2.12. The first-order valence-corrected chi connectivity index (χ1v) is 6.61. The molecule has 104 valence electrons. The van der Waals surface area contributed by atoms with Crippen LogP contribution in [0, 0.1) is 0 Å². The van der Waals surface area contributed by atoms with Gasteiger partial charge in [0.25, 0.3) is 0 Å². The van der Waals surface area contributed by atoms with Gasteiger partial charge >= 0.3 is 0 Å². The molecule has 1 aromatic rings. The van der Waals surface area contributed by atoms with Crippen molar-refractivity contribution in [2.24, 2.45) is 7.05 Å². The lowest BCUT2D eigenvalue weighted by atomic mass is 9.89. The van der Waals surface area contributed by atoms with E-state index in [0.717, 1.165) is 13.1 Å². The lowest BCUT2D eigenvalue weighted by molar-refractivity contribution is 0.348. The van der Waals surface area contributed by atoms with Crippen molar-refractivity contribution in [1.29, 1.82) is 0 Å². The first-order chi connectivity index (χ1) is 8.20. The van der Waals surface area contributed by atoms with E-state index in [1.165, 1.54) is 11.3 Å². The van der Waals surface area contributed by atoms with Gasteiger partial charge in [0.05, 0.1) is 5.69 Å². The summed E-state index contributed by atoms with van der Waals surface area (Å²) in [6, 6.07) is 0.480. The molecular formula is C14H28N4. The van der Waals surface area contributed by atoms with Crippen LogP contribution in [0.3, 0.4) is 0 Å². The van der Waals surface area contributed by atoms with Crippen LogP contribution in [0.4, 0.5) is 0 Å². The van der Waals surface area contributed by atoms with E-state index in [9.17, 15) is 0 Å². The molecule has 1 unspecified atom stereocenters. The lowest BCUT2D eigenvalue weighted by Crippen LogP contribution is -2.35. The average molecular weight is 252 g/mol. The van der Waals surface area contributed by atoms with Crippen LogP contribution in [0.5, 0.6) is 0 Å². The van der Waals surface area contributed by atoms with Crippen molar-refractivity contribution < 1.29 is 0 Å². The highest BCUT2D eigenvalue weighted by molar-refractivity contribution is 5.23. The number of nitrogens with zero attached hydrogens (tertiary/aromatic N) is 3. The molecule has 1 rings (SSSR count). The minimum atomic E-state index is 0.100. The third-order valence-electron chi connectivity index (χ3n) is 2.89. The Bertz CT molecular complexity index is 374. The number of nitrogens with one attached hydrogen (secondary N) is 1. The van der Waals surface area contributed by atoms with Crippen LogP contribution in [0.15, 0.2) is 6.20 Å². The van der Waals surface area contributed by atoms with E-state index in [2.05, 4.69) is 63.3 Å². The van der Waals surface area contributed by atoms with Gasteiger partial charge in [0.1, 0.15) is 0 Å². The number of hydrogen-bond acceptors (Lipinski definition) is 3. The highest BCUT2D eigenvalue weighted by Gasteiger charge is 2.21. The zero-order valence-corrected chi connectivity index (χ0v) is 12.9. The van der Waals surface area contributed by atoms with Crippen LogP contribution in [0.2, 0.25) is 0 Å². The third kappa shape index (κ3) is 4.42. The van der Waals surface area contributed by atoms with Gasteiger partial charge in [0.15, 0.2) is 0 Å². The van der Waals surface area contributed by atoms with Gasteiger partial charge in [-0.15, -0.1) is 0 Å². The molecule has 0 bridgehead atoms. The third-order valence-corrected chi connectivity index (χ3v) is 2.89. The van der Waals surface area contributed by atoms with Crippen LogP contribution < -0.4 is 5.32 Å². The monoisotopic (exact) mass is 252 g/mol. The maximum Gasteiger partial charge on any atom is 0.0722 e. The maximum absolute atomic E-state index is 4.59. The molecule has 1 atom stereocenters. The number of aromatic nitrogens is 2. The fourth-order valence-electron chi connectivity index (χ4n) is 2.19. The second-order valence-corrected chi connectivity index (χ2v) is 6.47. The Hall–Kier alpha value is -0.870. The quantitative estimate of drug-likeness (QED) is 0.867. The number of likely N-dealkylation sites (N-methyl/N-ethyl adjacent to an activating group) is 1. The molecule has 0 radical (unpaired) electrons. The van der Waals surface area contributed by atoms with Crippen LogP contribution in [-0.4, -0.2) is 41.4 Å². The summed E-state index contributed by atoms with van der Waals surface area (Å²) in [5.41, 5.74) is 2.59. The average Bonchev–Trinajstić information content (AvgIpc) is 2.55. The van der Waals surface area contributed by atoms with Crippen LogP contribution in [0.1, 0.15) is 39.0 Å². The summed E-state index contributed by atoms with van der Waals surface area (Å²) in [5.74, 6) is 0. The van der Waals surface area contributed by atoms with Gasteiger partial charge in [0, 0.05) is 43.4 Å². The smallest absolute Gasteiger partial charge is 0.0722 e. The molecule has 0 aliphatic rings. The fraction of sp³-hybridized carbons (Fsp3) is 0.786. The maximum atomic E-state index is 4.59. The molecular weight excluding hydrogens is 224 g/mol. The summed E-state index contributed by atoms with van der Waals surface area (Å²) in [7, 11) is 6.19. The molecule has 1 heterocycles. The molecule has 0 aliphatic heterocycles. The Balaban J connectivity index is 2.68. The summed E-state index contributed by atoms with van der Waals surface area (Å²) in [6.45, 7) is 10.8. The SMILES string of the molecule is CC(CN(C)C)NCc1cn(C)nc1C(C)(C)C. The zero-order chi connectivity index (χ0) is 13.9. The number of hydrogen-bond donors (Lipinski definition) is 1. The van der Waals surface area contributed by atoms with Crippen LogP contribution in [-0.2, 0) is 19.0 Å². The van der Waals surface area contributed by atoms with E-state index in [1.54, 1.807) is 0 Å². The fourth-order valence-corrected chi connectivity index (χ4v) is 2.19. The summed E-state index contributed by atoms with van der Waals surface area (Å²) in [4.78, 5) is 2.20. The van der Waals surface area contributed by atoms with Crippen molar-refractivity contribution >= 4 is 0 Å². The summed E-state index contributed by atoms with van der Waals surface area (Å²) < 4.78 is 1.91. The molecule has 0 aliphatic carbocycles. The van der Waals surface area contributed by atoms with Gasteiger partial charge in [-0.05, 0) is 21.0 Å². The van der Waals surface area contributed by atoms with E-state index in [-0.39, 0.29) is 5.41 Å². The predicted molar refractivity (Wildman–Crippen MR) is 76.8 cm³/mol. The van der Waals surface area contributed by atoms with Crippen molar-refractivity contribution in [3.05, 3.63) is 17.5 Å². The molecule has 18 heavy (non-hydrogen) atoms. The lowest BCUT2D eigenvalue weighted by Gasteiger charge is -2.20. The first-order valence-electron chi connectivity index (χ1n) is 6.61. The van der Waals surface area contributed by atoms with Gasteiger partial charge in [-0.25, -0.2) is 0 Å². The normalized spacial score (nSPS) is 14.2. The molecule has 4 heteroatoms. The predicted octanol–water partition coefficient (Wildman–Crippen LogP) is 1.76.